The van der Waals surface area contributed by atoms with Crippen LogP contribution in [0.3, 0.4) is 0 Å². The molecule has 0 fully saturated rings. The molecule has 0 saturated heterocycles. The molecule has 0 aromatic carbocycles. The number of thiophene rings is 1. The van der Waals surface area contributed by atoms with Crippen LogP contribution in [0.4, 0.5) is 0 Å². The van der Waals surface area contributed by atoms with Crippen LogP contribution in [0.25, 0.3) is 0 Å². The van der Waals surface area contributed by atoms with Crippen molar-refractivity contribution in [3.8, 4) is 0 Å². The fourth-order valence-electron chi connectivity index (χ4n) is 1.65. The summed E-state index contributed by atoms with van der Waals surface area (Å²) in [6, 6.07) is 4.10. The number of nitrogens with one attached hydrogen (secondary N) is 2. The topological polar surface area (TPSA) is 70.7 Å². The normalized spacial score (nSPS) is 10.7. The molecule has 1 amide bonds. The van der Waals surface area contributed by atoms with Gasteiger partial charge in [0.15, 0.2) is 0 Å². The predicted octanol–water partition coefficient (Wildman–Crippen LogP) is 2.27. The van der Waals surface area contributed by atoms with Crippen molar-refractivity contribution in [2.24, 2.45) is 0 Å². The van der Waals surface area contributed by atoms with Crippen molar-refractivity contribution < 1.29 is 4.79 Å². The first-order chi connectivity index (χ1) is 9.78. The van der Waals surface area contributed by atoms with Crippen molar-refractivity contribution in [2.75, 3.05) is 12.3 Å². The number of amides is 1. The molecule has 2 N–H and O–H groups in total. The second-order valence-electron chi connectivity index (χ2n) is 4.28. The van der Waals surface area contributed by atoms with Gasteiger partial charge >= 0.3 is 0 Å². The molecule has 0 saturated carbocycles. The Bertz CT molecular complexity index is 524. The number of rotatable bonds is 8. The molecule has 0 unspecified atom stereocenters. The van der Waals surface area contributed by atoms with Crippen LogP contribution < -0.4 is 5.32 Å². The first-order valence-corrected chi connectivity index (χ1v) is 8.47. The highest BCUT2D eigenvalue weighted by molar-refractivity contribution is 7.99. The highest BCUT2D eigenvalue weighted by atomic mass is 32.2. The number of hydrogen-bond donors (Lipinski definition) is 2. The predicted molar refractivity (Wildman–Crippen MR) is 82.1 cm³/mol. The standard InChI is InChI=1S/C13H18N4OS2/c1-2-4-11-15-13(17-16-11)20-9-12(18)14-7-6-10-5-3-8-19-10/h3,5,8H,2,4,6-7,9H2,1H3,(H,14,18)(H,15,16,17). The van der Waals surface area contributed by atoms with Gasteiger partial charge in [0.05, 0.1) is 5.75 Å². The minimum absolute atomic E-state index is 0.0217. The van der Waals surface area contributed by atoms with Crippen LogP contribution in [0, 0.1) is 0 Å². The van der Waals surface area contributed by atoms with Gasteiger partial charge in [0, 0.05) is 17.8 Å². The Morgan fingerprint density at radius 2 is 2.40 bits per heavy atom. The number of carbonyl (C=O) groups excluding carboxylic acids is 1. The lowest BCUT2D eigenvalue weighted by molar-refractivity contribution is -0.118. The summed E-state index contributed by atoms with van der Waals surface area (Å²) in [6.45, 7) is 2.77. The van der Waals surface area contributed by atoms with Crippen LogP contribution in [0.15, 0.2) is 22.7 Å². The second-order valence-corrected chi connectivity index (χ2v) is 6.26. The first-order valence-electron chi connectivity index (χ1n) is 6.61. The van der Waals surface area contributed by atoms with Gasteiger partial charge in [-0.1, -0.05) is 24.8 Å². The number of aryl methyl sites for hydroxylation is 1. The molecule has 0 aliphatic heterocycles. The van der Waals surface area contributed by atoms with E-state index in [1.165, 1.54) is 16.6 Å². The number of H-pyrrole nitrogens is 1. The zero-order chi connectivity index (χ0) is 14.2. The molecule has 2 heterocycles. The van der Waals surface area contributed by atoms with Gasteiger partial charge < -0.3 is 5.32 Å². The molecule has 0 spiro atoms. The van der Waals surface area contributed by atoms with Gasteiger partial charge in [-0.3, -0.25) is 9.89 Å². The van der Waals surface area contributed by atoms with Crippen molar-refractivity contribution in [1.29, 1.82) is 0 Å². The summed E-state index contributed by atoms with van der Waals surface area (Å²) in [7, 11) is 0. The molecule has 0 radical (unpaired) electrons. The molecule has 20 heavy (non-hydrogen) atoms. The summed E-state index contributed by atoms with van der Waals surface area (Å²) in [6.07, 6.45) is 2.80. The van der Waals surface area contributed by atoms with E-state index >= 15 is 0 Å². The van der Waals surface area contributed by atoms with Crippen molar-refractivity contribution in [2.45, 2.75) is 31.3 Å². The molecule has 0 atom stereocenters. The van der Waals surface area contributed by atoms with Crippen LogP contribution in [0.1, 0.15) is 24.0 Å². The van der Waals surface area contributed by atoms with E-state index in [0.717, 1.165) is 25.1 Å². The van der Waals surface area contributed by atoms with Gasteiger partial charge in [0.2, 0.25) is 11.1 Å². The number of hydrogen-bond acceptors (Lipinski definition) is 5. The number of nitrogens with zero attached hydrogens (tertiary/aromatic N) is 2. The van der Waals surface area contributed by atoms with Crippen LogP contribution in [0.5, 0.6) is 0 Å². The molecule has 108 valence electrons. The van der Waals surface area contributed by atoms with Gasteiger partial charge in [-0.2, -0.15) is 0 Å². The summed E-state index contributed by atoms with van der Waals surface area (Å²) in [5.74, 6) is 1.26. The van der Waals surface area contributed by atoms with Crippen molar-refractivity contribution >= 4 is 29.0 Å². The molecule has 5 nitrogen and oxygen atoms in total. The number of aromatic nitrogens is 3. The average Bonchev–Trinajstić information content (AvgIpc) is 3.08. The Hall–Kier alpha value is -1.34. The van der Waals surface area contributed by atoms with Gasteiger partial charge in [-0.05, 0) is 24.3 Å². The Balaban J connectivity index is 1.64. The lowest BCUT2D eigenvalue weighted by Crippen LogP contribution is -2.27. The van der Waals surface area contributed by atoms with E-state index in [2.05, 4.69) is 33.5 Å². The highest BCUT2D eigenvalue weighted by Crippen LogP contribution is 2.12. The third-order valence-electron chi connectivity index (χ3n) is 2.60. The van der Waals surface area contributed by atoms with E-state index in [1.54, 1.807) is 11.3 Å². The Morgan fingerprint density at radius 3 is 3.15 bits per heavy atom. The third-order valence-corrected chi connectivity index (χ3v) is 4.39. The zero-order valence-corrected chi connectivity index (χ0v) is 13.0. The fourth-order valence-corrected chi connectivity index (χ4v) is 3.01. The van der Waals surface area contributed by atoms with Crippen molar-refractivity contribution in [3.05, 3.63) is 28.2 Å². The van der Waals surface area contributed by atoms with Crippen LogP contribution in [-0.2, 0) is 17.6 Å². The number of aromatic amines is 1. The first kappa shape index (κ1) is 15.1. The van der Waals surface area contributed by atoms with Crippen molar-refractivity contribution in [3.63, 3.8) is 0 Å². The van der Waals surface area contributed by atoms with Gasteiger partial charge in [-0.15, -0.1) is 16.4 Å². The maximum absolute atomic E-state index is 11.7. The van der Waals surface area contributed by atoms with Crippen LogP contribution >= 0.6 is 23.1 Å². The largest absolute Gasteiger partial charge is 0.355 e. The Morgan fingerprint density at radius 1 is 1.50 bits per heavy atom. The smallest absolute Gasteiger partial charge is 0.230 e. The van der Waals surface area contributed by atoms with Crippen LogP contribution in [0.2, 0.25) is 0 Å². The van der Waals surface area contributed by atoms with E-state index in [4.69, 9.17) is 0 Å². The lowest BCUT2D eigenvalue weighted by Gasteiger charge is -2.02. The molecule has 0 aliphatic carbocycles. The number of thioether (sulfide) groups is 1. The molecule has 7 heteroatoms. The second kappa shape index (κ2) is 8.06. The Labute approximate surface area is 126 Å². The van der Waals surface area contributed by atoms with Crippen LogP contribution in [-0.4, -0.2) is 33.4 Å². The summed E-state index contributed by atoms with van der Waals surface area (Å²) in [5, 5.41) is 12.5. The van der Waals surface area contributed by atoms with Gasteiger partial charge in [0.1, 0.15) is 5.82 Å². The zero-order valence-electron chi connectivity index (χ0n) is 11.4. The quantitative estimate of drug-likeness (QED) is 0.734. The summed E-state index contributed by atoms with van der Waals surface area (Å²) < 4.78 is 0. The fraction of sp³-hybridized carbons (Fsp3) is 0.462. The summed E-state index contributed by atoms with van der Waals surface area (Å²) >= 11 is 3.07. The monoisotopic (exact) mass is 310 g/mol. The van der Waals surface area contributed by atoms with Crippen molar-refractivity contribution in [1.82, 2.24) is 20.5 Å². The molecule has 0 bridgehead atoms. The van der Waals surface area contributed by atoms with Gasteiger partial charge in [0.25, 0.3) is 0 Å². The number of carbonyl (C=O) groups is 1. The minimum Gasteiger partial charge on any atom is -0.355 e. The SMILES string of the molecule is CCCc1nc(SCC(=O)NCCc2cccs2)n[nH]1. The van der Waals surface area contributed by atoms with Gasteiger partial charge in [-0.25, -0.2) is 4.98 Å². The Kier molecular flexibility index (Phi) is 6.07. The molecule has 2 aromatic rings. The minimum atomic E-state index is 0.0217. The maximum atomic E-state index is 11.7. The maximum Gasteiger partial charge on any atom is 0.230 e. The third kappa shape index (κ3) is 4.97. The van der Waals surface area contributed by atoms with E-state index in [0.29, 0.717) is 17.5 Å². The molecule has 2 rings (SSSR count). The van der Waals surface area contributed by atoms with E-state index < -0.39 is 0 Å². The summed E-state index contributed by atoms with van der Waals surface area (Å²) in [4.78, 5) is 17.3. The molecule has 0 aliphatic rings. The average molecular weight is 310 g/mol. The van der Waals surface area contributed by atoms with E-state index in [9.17, 15) is 4.79 Å². The summed E-state index contributed by atoms with van der Waals surface area (Å²) in [5.41, 5.74) is 0. The lowest BCUT2D eigenvalue weighted by atomic mass is 10.3. The molecular weight excluding hydrogens is 292 g/mol. The highest BCUT2D eigenvalue weighted by Gasteiger charge is 2.07. The molecule has 2 aromatic heterocycles. The molecular formula is C13H18N4OS2. The van der Waals surface area contributed by atoms with E-state index in [-0.39, 0.29) is 5.91 Å². The van der Waals surface area contributed by atoms with E-state index in [1.807, 2.05) is 11.4 Å².